The molecule has 2 aromatic heterocycles. The first-order chi connectivity index (χ1) is 19.3. The van der Waals surface area contributed by atoms with Crippen LogP contribution in [-0.2, 0) is 29.0 Å². The molecule has 0 bridgehead atoms. The Morgan fingerprint density at radius 3 is 2.52 bits per heavy atom. The molecule has 5 rings (SSSR count). The van der Waals surface area contributed by atoms with Gasteiger partial charge in [0.2, 0.25) is 5.91 Å². The molecule has 0 radical (unpaired) electrons. The van der Waals surface area contributed by atoms with Gasteiger partial charge in [-0.3, -0.25) is 14.4 Å². The van der Waals surface area contributed by atoms with Gasteiger partial charge in [0.15, 0.2) is 0 Å². The van der Waals surface area contributed by atoms with Gasteiger partial charge < -0.3 is 19.9 Å². The maximum Gasteiger partial charge on any atom is 0.307 e. The number of fused-ring (bicyclic) bond motifs is 1. The van der Waals surface area contributed by atoms with Gasteiger partial charge in [0.05, 0.1) is 12.1 Å². The number of rotatable bonds is 11. The highest BCUT2D eigenvalue weighted by molar-refractivity contribution is 5.95. The Morgan fingerprint density at radius 1 is 1.05 bits per heavy atom. The summed E-state index contributed by atoms with van der Waals surface area (Å²) in [4.78, 5) is 44.3. The zero-order chi connectivity index (χ0) is 28.2. The van der Waals surface area contributed by atoms with E-state index in [0.29, 0.717) is 36.4 Å². The Balaban J connectivity index is 1.51. The van der Waals surface area contributed by atoms with Crippen molar-refractivity contribution in [2.24, 2.45) is 5.92 Å². The minimum Gasteiger partial charge on any atom is -0.481 e. The van der Waals surface area contributed by atoms with Crippen molar-refractivity contribution in [3.8, 4) is 5.69 Å². The standard InChI is InChI=1S/C32H34N4O4/c1-3-35(32(40)23-10-11-23)19-26-17-24(31(39)33-16-15-22-7-5-4-6-8-22)12-14-28(26)36-20-25(18-29(37)38)27-13-9-21(2)34-30(27)36/h4-9,12-14,17,20,23H,3,10-11,15-16,18-19H2,1-2H3,(H,33,39)(H,37,38). The van der Waals surface area contributed by atoms with Crippen molar-refractivity contribution in [3.63, 3.8) is 0 Å². The zero-order valence-electron chi connectivity index (χ0n) is 22.9. The van der Waals surface area contributed by atoms with E-state index in [-0.39, 0.29) is 24.2 Å². The summed E-state index contributed by atoms with van der Waals surface area (Å²) >= 11 is 0. The van der Waals surface area contributed by atoms with Crippen molar-refractivity contribution in [1.29, 1.82) is 0 Å². The molecule has 2 amide bonds. The fraction of sp³-hybridized carbons (Fsp3) is 0.312. The molecule has 2 heterocycles. The Morgan fingerprint density at radius 2 is 1.82 bits per heavy atom. The Kier molecular flexibility index (Phi) is 7.96. The average Bonchev–Trinajstić information content (AvgIpc) is 3.74. The van der Waals surface area contributed by atoms with Crippen LogP contribution in [0.4, 0.5) is 0 Å². The molecule has 1 aliphatic carbocycles. The van der Waals surface area contributed by atoms with E-state index in [1.54, 1.807) is 6.07 Å². The van der Waals surface area contributed by atoms with Crippen molar-refractivity contribution in [2.75, 3.05) is 13.1 Å². The van der Waals surface area contributed by atoms with Crippen LogP contribution in [0.5, 0.6) is 0 Å². The number of carbonyl (C=O) groups excluding carboxylic acids is 2. The third kappa shape index (κ3) is 6.06. The Bertz CT molecular complexity index is 1560. The number of nitrogens with one attached hydrogen (secondary N) is 1. The molecular formula is C32H34N4O4. The predicted octanol–water partition coefficient (Wildman–Crippen LogP) is 4.69. The van der Waals surface area contributed by atoms with Gasteiger partial charge >= 0.3 is 5.97 Å². The SMILES string of the molecule is CCN(Cc1cc(C(=O)NCCc2ccccc2)ccc1-n1cc(CC(=O)O)c2ccc(C)nc21)C(=O)C1CC1. The summed E-state index contributed by atoms with van der Waals surface area (Å²) in [6, 6.07) is 19.2. The topological polar surface area (TPSA) is 105 Å². The summed E-state index contributed by atoms with van der Waals surface area (Å²) < 4.78 is 1.89. The number of hydrogen-bond donors (Lipinski definition) is 2. The highest BCUT2D eigenvalue weighted by Crippen LogP contribution is 2.33. The number of nitrogens with zero attached hydrogens (tertiary/aromatic N) is 3. The quantitative estimate of drug-likeness (QED) is 0.288. The third-order valence-electron chi connectivity index (χ3n) is 7.34. The number of aliphatic carboxylic acids is 1. The number of pyridine rings is 1. The number of carboxylic acid groups (broad SMARTS) is 1. The molecular weight excluding hydrogens is 504 g/mol. The minimum absolute atomic E-state index is 0.0757. The van der Waals surface area contributed by atoms with E-state index in [9.17, 15) is 19.5 Å². The lowest BCUT2D eigenvalue weighted by Gasteiger charge is -2.23. The second kappa shape index (κ2) is 11.7. The molecule has 2 aromatic carbocycles. The Hall–Kier alpha value is -4.46. The van der Waals surface area contributed by atoms with Crippen LogP contribution in [0.2, 0.25) is 0 Å². The molecule has 4 aromatic rings. The molecule has 1 aliphatic rings. The van der Waals surface area contributed by atoms with Crippen LogP contribution in [-0.4, -0.2) is 50.4 Å². The van der Waals surface area contributed by atoms with E-state index in [0.717, 1.165) is 47.2 Å². The van der Waals surface area contributed by atoms with Crippen LogP contribution in [0.1, 0.15) is 52.5 Å². The van der Waals surface area contributed by atoms with Gasteiger partial charge in [-0.05, 0) is 80.1 Å². The van der Waals surface area contributed by atoms with Crippen molar-refractivity contribution >= 4 is 28.8 Å². The number of carbonyl (C=O) groups is 3. The number of hydrogen-bond acceptors (Lipinski definition) is 4. The van der Waals surface area contributed by atoms with Gasteiger partial charge in [0.1, 0.15) is 5.65 Å². The van der Waals surface area contributed by atoms with Crippen LogP contribution in [0.3, 0.4) is 0 Å². The van der Waals surface area contributed by atoms with Crippen LogP contribution in [0, 0.1) is 12.8 Å². The molecule has 0 aliphatic heterocycles. The molecule has 40 heavy (non-hydrogen) atoms. The molecule has 0 atom stereocenters. The second-order valence-electron chi connectivity index (χ2n) is 10.4. The second-order valence-corrected chi connectivity index (χ2v) is 10.4. The summed E-state index contributed by atoms with van der Waals surface area (Å²) in [6.07, 6.45) is 4.23. The van der Waals surface area contributed by atoms with Gasteiger partial charge in [-0.2, -0.15) is 0 Å². The smallest absolute Gasteiger partial charge is 0.307 e. The van der Waals surface area contributed by atoms with E-state index in [1.165, 1.54) is 0 Å². The highest BCUT2D eigenvalue weighted by Gasteiger charge is 2.33. The first-order valence-corrected chi connectivity index (χ1v) is 13.8. The van der Waals surface area contributed by atoms with E-state index in [4.69, 9.17) is 4.98 Å². The Labute approximate surface area is 233 Å². The predicted molar refractivity (Wildman–Crippen MR) is 153 cm³/mol. The van der Waals surface area contributed by atoms with Gasteiger partial charge in [0.25, 0.3) is 5.91 Å². The van der Waals surface area contributed by atoms with Gasteiger partial charge in [-0.1, -0.05) is 30.3 Å². The normalized spacial score (nSPS) is 12.8. The summed E-state index contributed by atoms with van der Waals surface area (Å²) in [6.45, 7) is 5.25. The fourth-order valence-corrected chi connectivity index (χ4v) is 5.05. The molecule has 8 nitrogen and oxygen atoms in total. The molecule has 206 valence electrons. The van der Waals surface area contributed by atoms with Crippen LogP contribution in [0.15, 0.2) is 66.9 Å². The first kappa shape index (κ1) is 27.1. The summed E-state index contributed by atoms with van der Waals surface area (Å²) in [5.74, 6) is -0.899. The van der Waals surface area contributed by atoms with Gasteiger partial charge in [-0.15, -0.1) is 0 Å². The van der Waals surface area contributed by atoms with Crippen molar-refractivity contribution in [1.82, 2.24) is 19.8 Å². The zero-order valence-corrected chi connectivity index (χ0v) is 22.9. The van der Waals surface area contributed by atoms with Crippen molar-refractivity contribution in [2.45, 2.75) is 46.1 Å². The summed E-state index contributed by atoms with van der Waals surface area (Å²) in [5, 5.41) is 13.3. The van der Waals surface area contributed by atoms with Gasteiger partial charge in [-0.25, -0.2) is 4.98 Å². The van der Waals surface area contributed by atoms with E-state index in [2.05, 4.69) is 5.32 Å². The van der Waals surface area contributed by atoms with Crippen LogP contribution in [0.25, 0.3) is 16.7 Å². The number of aryl methyl sites for hydroxylation is 1. The number of aromatic nitrogens is 2. The lowest BCUT2D eigenvalue weighted by atomic mass is 10.1. The lowest BCUT2D eigenvalue weighted by Crippen LogP contribution is -2.32. The first-order valence-electron chi connectivity index (χ1n) is 13.8. The summed E-state index contributed by atoms with van der Waals surface area (Å²) in [7, 11) is 0. The van der Waals surface area contributed by atoms with E-state index < -0.39 is 5.97 Å². The fourth-order valence-electron chi connectivity index (χ4n) is 5.05. The lowest BCUT2D eigenvalue weighted by molar-refractivity contribution is -0.136. The minimum atomic E-state index is -0.922. The maximum absolute atomic E-state index is 13.1. The summed E-state index contributed by atoms with van der Waals surface area (Å²) in [5.41, 5.74) is 5.34. The highest BCUT2D eigenvalue weighted by atomic mass is 16.4. The van der Waals surface area contributed by atoms with Gasteiger partial charge in [0, 0.05) is 48.4 Å². The molecule has 8 heteroatoms. The maximum atomic E-state index is 13.1. The molecule has 1 saturated carbocycles. The number of benzene rings is 2. The third-order valence-corrected chi connectivity index (χ3v) is 7.34. The monoisotopic (exact) mass is 538 g/mol. The van der Waals surface area contributed by atoms with Crippen LogP contribution >= 0.6 is 0 Å². The van der Waals surface area contributed by atoms with Crippen LogP contribution < -0.4 is 5.32 Å². The molecule has 1 fully saturated rings. The van der Waals surface area contributed by atoms with E-state index in [1.807, 2.05) is 84.1 Å². The van der Waals surface area contributed by atoms with Crippen molar-refractivity contribution < 1.29 is 19.5 Å². The molecule has 0 unspecified atom stereocenters. The molecule has 2 N–H and O–H groups in total. The van der Waals surface area contributed by atoms with E-state index >= 15 is 0 Å². The molecule has 0 saturated heterocycles. The largest absolute Gasteiger partial charge is 0.481 e. The molecule has 0 spiro atoms. The average molecular weight is 539 g/mol. The number of amides is 2. The number of carboxylic acids is 1. The van der Waals surface area contributed by atoms with Crippen molar-refractivity contribution in [3.05, 3.63) is 94.8 Å².